The van der Waals surface area contributed by atoms with Gasteiger partial charge in [-0.2, -0.15) is 0 Å². The summed E-state index contributed by atoms with van der Waals surface area (Å²) < 4.78 is 5.39. The number of ether oxygens (including phenoxy) is 1. The topological polar surface area (TPSA) is 29.1 Å². The molecule has 0 saturated carbocycles. The predicted octanol–water partition coefficient (Wildman–Crippen LogP) is 3.57. The van der Waals surface area contributed by atoms with E-state index in [-0.39, 0.29) is 6.61 Å². The minimum Gasteiger partial charge on any atom is -0.381 e. The normalized spacial score (nSPS) is 10.7. The van der Waals surface area contributed by atoms with Gasteiger partial charge in [0.05, 0.1) is 6.61 Å². The van der Waals surface area contributed by atoms with Gasteiger partial charge in [-0.1, -0.05) is 39.0 Å². The zero-order valence-electron chi connectivity index (χ0n) is 9.59. The molecule has 0 aromatic rings. The van der Waals surface area contributed by atoms with Crippen molar-refractivity contribution in [2.45, 2.75) is 58.3 Å². The third kappa shape index (κ3) is 11.9. The monoisotopic (exact) mass is 201 g/mol. The van der Waals surface area contributed by atoms with Gasteiger partial charge in [0.25, 0.3) is 0 Å². The Morgan fingerprint density at radius 1 is 0.786 bits per heavy atom. The molecule has 2 nitrogen and oxygen atoms in total. The zero-order valence-corrected chi connectivity index (χ0v) is 9.59. The van der Waals surface area contributed by atoms with E-state index in [4.69, 9.17) is 4.74 Å². The third-order valence-corrected chi connectivity index (χ3v) is 2.28. The second-order valence-corrected chi connectivity index (χ2v) is 3.79. The molecule has 0 saturated heterocycles. The minimum absolute atomic E-state index is 0.102. The van der Waals surface area contributed by atoms with Gasteiger partial charge in [-0.3, -0.25) is 0 Å². The number of hydrogen-bond acceptors (Lipinski definition) is 1. The van der Waals surface area contributed by atoms with Crippen LogP contribution in [0.3, 0.4) is 0 Å². The lowest BCUT2D eigenvalue weighted by Gasteiger charge is -2.02. The van der Waals surface area contributed by atoms with Gasteiger partial charge in [-0.15, -0.1) is 0 Å². The van der Waals surface area contributed by atoms with E-state index in [0.717, 1.165) is 32.5 Å². The molecule has 0 aliphatic rings. The fourth-order valence-corrected chi connectivity index (χ4v) is 1.44. The van der Waals surface area contributed by atoms with Gasteiger partial charge in [-0.05, 0) is 19.3 Å². The summed E-state index contributed by atoms with van der Waals surface area (Å²) in [5, 5.41) is 10.1. The molecule has 85 valence electrons. The van der Waals surface area contributed by atoms with Crippen molar-refractivity contribution >= 4 is 0 Å². The van der Waals surface area contributed by atoms with Crippen molar-refractivity contribution in [3.63, 3.8) is 0 Å². The Labute approximate surface area is 88.7 Å². The van der Waals surface area contributed by atoms with Crippen LogP contribution in [0, 0.1) is 0 Å². The van der Waals surface area contributed by atoms with Crippen LogP contribution in [0.4, 0.5) is 0 Å². The first-order valence-electron chi connectivity index (χ1n) is 6.07. The zero-order chi connectivity index (χ0) is 10.5. The highest BCUT2D eigenvalue weighted by atomic mass is 16.5. The lowest BCUT2D eigenvalue weighted by Crippen LogP contribution is -1.95. The molecule has 0 aromatic heterocycles. The summed E-state index contributed by atoms with van der Waals surface area (Å²) in [4.78, 5) is 0. The summed E-state index contributed by atoms with van der Waals surface area (Å²) in [5.41, 5.74) is 0. The van der Waals surface area contributed by atoms with Gasteiger partial charge in [0.1, 0.15) is 0 Å². The highest BCUT2D eigenvalue weighted by Crippen LogP contribution is 2.06. The number of hydrogen-bond donors (Lipinski definition) is 0. The van der Waals surface area contributed by atoms with Crippen LogP contribution in [-0.2, 0) is 9.84 Å². The molecular formula is C12H25O2. The fraction of sp³-hybridized carbons (Fsp3) is 1.00. The Morgan fingerprint density at radius 3 is 1.93 bits per heavy atom. The molecule has 0 amide bonds. The summed E-state index contributed by atoms with van der Waals surface area (Å²) in [6.07, 6.45) is 9.40. The number of rotatable bonds is 11. The van der Waals surface area contributed by atoms with Gasteiger partial charge >= 0.3 is 0 Å². The highest BCUT2D eigenvalue weighted by molar-refractivity contribution is 4.45. The van der Waals surface area contributed by atoms with Gasteiger partial charge in [-0.25, -0.2) is 5.11 Å². The lowest BCUT2D eigenvalue weighted by molar-refractivity contribution is 0.130. The fourth-order valence-electron chi connectivity index (χ4n) is 1.44. The first kappa shape index (κ1) is 13.9. The van der Waals surface area contributed by atoms with Crippen molar-refractivity contribution in [3.05, 3.63) is 0 Å². The van der Waals surface area contributed by atoms with Crippen molar-refractivity contribution in [3.8, 4) is 0 Å². The lowest BCUT2D eigenvalue weighted by atomic mass is 10.1. The molecule has 0 bridgehead atoms. The Hall–Kier alpha value is -0.0800. The summed E-state index contributed by atoms with van der Waals surface area (Å²) in [6, 6.07) is 0. The third-order valence-electron chi connectivity index (χ3n) is 2.28. The van der Waals surface area contributed by atoms with Crippen LogP contribution in [0.5, 0.6) is 0 Å². The maximum Gasteiger partial charge on any atom is 0.0822 e. The van der Waals surface area contributed by atoms with Gasteiger partial charge < -0.3 is 4.74 Å². The van der Waals surface area contributed by atoms with Crippen LogP contribution < -0.4 is 0 Å². The Bertz CT molecular complexity index is 82.3. The average Bonchev–Trinajstić information content (AvgIpc) is 2.21. The van der Waals surface area contributed by atoms with E-state index in [0.29, 0.717) is 0 Å². The molecule has 0 spiro atoms. The van der Waals surface area contributed by atoms with Crippen molar-refractivity contribution in [1.82, 2.24) is 0 Å². The largest absolute Gasteiger partial charge is 0.381 e. The molecule has 0 N–H and O–H groups in total. The van der Waals surface area contributed by atoms with Crippen LogP contribution in [-0.4, -0.2) is 19.8 Å². The molecule has 0 atom stereocenters. The first-order chi connectivity index (χ1) is 6.91. The van der Waals surface area contributed by atoms with Crippen LogP contribution in [0.15, 0.2) is 0 Å². The molecule has 0 rings (SSSR count). The minimum atomic E-state index is 0.102. The van der Waals surface area contributed by atoms with Crippen LogP contribution >= 0.6 is 0 Å². The standard InChI is InChI=1S/C12H25O2/c1-2-11-14-12-9-7-5-3-4-6-8-10-13/h2-12H2,1H3. The molecular weight excluding hydrogens is 176 g/mol. The van der Waals surface area contributed by atoms with E-state index < -0.39 is 0 Å². The van der Waals surface area contributed by atoms with Crippen molar-refractivity contribution in [1.29, 1.82) is 0 Å². The summed E-state index contributed by atoms with van der Waals surface area (Å²) in [5.74, 6) is 0. The molecule has 0 unspecified atom stereocenters. The van der Waals surface area contributed by atoms with Gasteiger partial charge in [0, 0.05) is 13.2 Å². The highest BCUT2D eigenvalue weighted by Gasteiger charge is 1.91. The molecule has 0 heterocycles. The molecule has 0 aliphatic heterocycles. The molecule has 0 aliphatic carbocycles. The van der Waals surface area contributed by atoms with E-state index in [1.54, 1.807) is 0 Å². The molecule has 14 heavy (non-hydrogen) atoms. The molecule has 0 aromatic carbocycles. The van der Waals surface area contributed by atoms with E-state index in [2.05, 4.69) is 6.92 Å². The smallest absolute Gasteiger partial charge is 0.0822 e. The number of unbranched alkanes of at least 4 members (excludes halogenated alkanes) is 6. The quantitative estimate of drug-likeness (QED) is 0.470. The summed E-state index contributed by atoms with van der Waals surface area (Å²) in [6.45, 7) is 4.07. The molecule has 2 heteroatoms. The Kier molecular flexibility index (Phi) is 12.8. The van der Waals surface area contributed by atoms with Crippen LogP contribution in [0.1, 0.15) is 58.3 Å². The Morgan fingerprint density at radius 2 is 1.36 bits per heavy atom. The van der Waals surface area contributed by atoms with E-state index in [9.17, 15) is 5.11 Å². The van der Waals surface area contributed by atoms with E-state index in [1.165, 1.54) is 32.1 Å². The van der Waals surface area contributed by atoms with E-state index in [1.807, 2.05) is 0 Å². The maximum absolute atomic E-state index is 10.1. The van der Waals surface area contributed by atoms with Crippen LogP contribution in [0.2, 0.25) is 0 Å². The average molecular weight is 201 g/mol. The molecule has 0 fully saturated rings. The second-order valence-electron chi connectivity index (χ2n) is 3.79. The summed E-state index contributed by atoms with van der Waals surface area (Å²) in [7, 11) is 0. The van der Waals surface area contributed by atoms with Gasteiger partial charge in [0.15, 0.2) is 0 Å². The van der Waals surface area contributed by atoms with Crippen molar-refractivity contribution in [2.24, 2.45) is 0 Å². The first-order valence-corrected chi connectivity index (χ1v) is 6.07. The van der Waals surface area contributed by atoms with Crippen molar-refractivity contribution in [2.75, 3.05) is 19.8 Å². The van der Waals surface area contributed by atoms with Gasteiger partial charge in [0.2, 0.25) is 0 Å². The Balaban J connectivity index is 2.78. The maximum atomic E-state index is 10.1. The molecule has 1 radical (unpaired) electrons. The summed E-state index contributed by atoms with van der Waals surface area (Å²) >= 11 is 0. The van der Waals surface area contributed by atoms with Crippen molar-refractivity contribution < 1.29 is 9.84 Å². The van der Waals surface area contributed by atoms with E-state index >= 15 is 0 Å². The SMILES string of the molecule is CCCOCCCCCCCCC[O]. The predicted molar refractivity (Wildman–Crippen MR) is 59.0 cm³/mol. The van der Waals surface area contributed by atoms with Crippen LogP contribution in [0.25, 0.3) is 0 Å². The second kappa shape index (κ2) is 12.9.